The fraction of sp³-hybridized carbons (Fsp3) is 0.400. The number of aromatic nitrogens is 3. The Balaban J connectivity index is 1.87. The van der Waals surface area contributed by atoms with Gasteiger partial charge in [-0.05, 0) is 15.9 Å². The highest BCUT2D eigenvalue weighted by Gasteiger charge is 2.16. The van der Waals surface area contributed by atoms with E-state index in [0.29, 0.717) is 5.15 Å². The van der Waals surface area contributed by atoms with Crippen LogP contribution in [0.2, 0.25) is 5.15 Å². The Hall–Kier alpha value is -0.630. The predicted octanol–water partition coefficient (Wildman–Crippen LogP) is 2.58. The van der Waals surface area contributed by atoms with Gasteiger partial charge in [0.25, 0.3) is 0 Å². The SMILES string of the molecule is Clc1ncn(-c2csc(N3CCOCC3)n2)c1Br. The summed E-state index contributed by atoms with van der Waals surface area (Å²) in [5.74, 6) is 0.827. The number of imidazole rings is 1. The molecule has 1 fully saturated rings. The summed E-state index contributed by atoms with van der Waals surface area (Å²) in [6.45, 7) is 3.29. The highest BCUT2D eigenvalue weighted by molar-refractivity contribution is 9.10. The number of ether oxygens (including phenoxy) is 1. The standard InChI is InChI=1S/C10H10BrClN4OS/c11-8-9(12)13-6-16(8)7-5-18-10(14-7)15-1-3-17-4-2-15/h5-6H,1-4H2. The quantitative estimate of drug-likeness (QED) is 0.836. The largest absolute Gasteiger partial charge is 0.378 e. The van der Waals surface area contributed by atoms with Crippen molar-refractivity contribution in [3.63, 3.8) is 0 Å². The Morgan fingerprint density at radius 2 is 2.17 bits per heavy atom. The van der Waals surface area contributed by atoms with E-state index in [4.69, 9.17) is 16.3 Å². The van der Waals surface area contributed by atoms with Gasteiger partial charge < -0.3 is 9.64 Å². The van der Waals surface area contributed by atoms with E-state index < -0.39 is 0 Å². The van der Waals surface area contributed by atoms with Gasteiger partial charge in [-0.3, -0.25) is 4.57 Å². The molecule has 0 bridgehead atoms. The molecule has 3 rings (SSSR count). The third-order valence-corrected chi connectivity index (χ3v) is 4.83. The number of thiazole rings is 1. The van der Waals surface area contributed by atoms with Crippen LogP contribution < -0.4 is 4.90 Å². The van der Waals surface area contributed by atoms with Gasteiger partial charge in [0.2, 0.25) is 0 Å². The molecule has 1 aliphatic rings. The van der Waals surface area contributed by atoms with Crippen LogP contribution in [0.4, 0.5) is 5.13 Å². The van der Waals surface area contributed by atoms with E-state index in [1.807, 2.05) is 9.95 Å². The summed E-state index contributed by atoms with van der Waals surface area (Å²) in [6, 6.07) is 0. The molecule has 3 heterocycles. The van der Waals surface area contributed by atoms with Crippen molar-refractivity contribution in [1.82, 2.24) is 14.5 Å². The van der Waals surface area contributed by atoms with Crippen LogP contribution in [0.1, 0.15) is 0 Å². The highest BCUT2D eigenvalue weighted by atomic mass is 79.9. The summed E-state index contributed by atoms with van der Waals surface area (Å²) >= 11 is 10.9. The molecule has 0 aliphatic carbocycles. The van der Waals surface area contributed by atoms with Gasteiger partial charge >= 0.3 is 0 Å². The molecular formula is C10H10BrClN4OS. The average molecular weight is 350 g/mol. The van der Waals surface area contributed by atoms with Gasteiger partial charge in [-0.2, -0.15) is 0 Å². The molecule has 18 heavy (non-hydrogen) atoms. The molecule has 0 aromatic carbocycles. The molecular weight excluding hydrogens is 340 g/mol. The molecule has 8 heteroatoms. The zero-order valence-corrected chi connectivity index (χ0v) is 12.5. The molecule has 1 aliphatic heterocycles. The van der Waals surface area contributed by atoms with E-state index in [1.54, 1.807) is 17.7 Å². The first kappa shape index (κ1) is 12.4. The van der Waals surface area contributed by atoms with Gasteiger partial charge in [-0.1, -0.05) is 11.6 Å². The van der Waals surface area contributed by atoms with E-state index in [1.165, 1.54) is 0 Å². The Bertz CT molecular complexity index is 552. The molecule has 0 saturated carbocycles. The number of halogens is 2. The third kappa shape index (κ3) is 2.27. The van der Waals surface area contributed by atoms with Gasteiger partial charge in [0.05, 0.1) is 13.2 Å². The molecule has 96 valence electrons. The van der Waals surface area contributed by atoms with Crippen LogP contribution in [0.5, 0.6) is 0 Å². The van der Waals surface area contributed by atoms with Crippen molar-refractivity contribution >= 4 is 44.0 Å². The van der Waals surface area contributed by atoms with Gasteiger partial charge in [0.15, 0.2) is 16.1 Å². The van der Waals surface area contributed by atoms with Crippen molar-refractivity contribution in [1.29, 1.82) is 0 Å². The average Bonchev–Trinajstić information content (AvgIpc) is 3.00. The lowest BCUT2D eigenvalue weighted by molar-refractivity contribution is 0.122. The third-order valence-electron chi connectivity index (χ3n) is 2.68. The molecule has 0 N–H and O–H groups in total. The predicted molar refractivity (Wildman–Crippen MR) is 75.0 cm³/mol. The molecule has 1 saturated heterocycles. The van der Waals surface area contributed by atoms with Gasteiger partial charge in [-0.25, -0.2) is 9.97 Å². The Kier molecular flexibility index (Phi) is 3.56. The molecule has 0 amide bonds. The van der Waals surface area contributed by atoms with Crippen LogP contribution in [0.25, 0.3) is 5.82 Å². The summed E-state index contributed by atoms with van der Waals surface area (Å²) < 4.78 is 7.88. The summed E-state index contributed by atoms with van der Waals surface area (Å²) in [4.78, 5) is 10.9. The second-order valence-electron chi connectivity index (χ2n) is 3.78. The molecule has 2 aromatic rings. The van der Waals surface area contributed by atoms with Crippen LogP contribution in [-0.4, -0.2) is 40.8 Å². The monoisotopic (exact) mass is 348 g/mol. The van der Waals surface area contributed by atoms with Gasteiger partial charge in [0.1, 0.15) is 10.9 Å². The lowest BCUT2D eigenvalue weighted by Gasteiger charge is -2.25. The first-order valence-electron chi connectivity index (χ1n) is 5.42. The zero-order chi connectivity index (χ0) is 12.5. The second-order valence-corrected chi connectivity index (χ2v) is 5.73. The maximum Gasteiger partial charge on any atom is 0.187 e. The number of rotatable bonds is 2. The fourth-order valence-corrected chi connectivity index (χ4v) is 3.10. The Morgan fingerprint density at radius 1 is 1.39 bits per heavy atom. The lowest BCUT2D eigenvalue weighted by Crippen LogP contribution is -2.36. The maximum atomic E-state index is 5.90. The summed E-state index contributed by atoms with van der Waals surface area (Å²) in [6.07, 6.45) is 1.66. The van der Waals surface area contributed by atoms with Crippen molar-refractivity contribution in [3.8, 4) is 5.82 Å². The first-order chi connectivity index (χ1) is 8.75. The summed E-state index contributed by atoms with van der Waals surface area (Å²) in [5, 5.41) is 3.44. The van der Waals surface area contributed by atoms with Crippen LogP contribution >= 0.6 is 38.9 Å². The van der Waals surface area contributed by atoms with Crippen LogP contribution in [0.15, 0.2) is 16.3 Å². The summed E-state index contributed by atoms with van der Waals surface area (Å²) in [7, 11) is 0. The molecule has 5 nitrogen and oxygen atoms in total. The Morgan fingerprint density at radius 3 is 2.83 bits per heavy atom. The smallest absolute Gasteiger partial charge is 0.187 e. The van der Waals surface area contributed by atoms with E-state index in [-0.39, 0.29) is 0 Å². The van der Waals surface area contributed by atoms with Gasteiger partial charge in [-0.15, -0.1) is 11.3 Å². The van der Waals surface area contributed by atoms with Crippen LogP contribution in [0.3, 0.4) is 0 Å². The molecule has 2 aromatic heterocycles. The minimum atomic E-state index is 0.441. The second kappa shape index (κ2) is 5.16. The Labute approximate surface area is 121 Å². The van der Waals surface area contributed by atoms with Crippen molar-refractivity contribution in [2.45, 2.75) is 0 Å². The van der Waals surface area contributed by atoms with Crippen molar-refractivity contribution < 1.29 is 4.74 Å². The van der Waals surface area contributed by atoms with E-state index in [2.05, 4.69) is 30.8 Å². The van der Waals surface area contributed by atoms with Crippen molar-refractivity contribution in [2.24, 2.45) is 0 Å². The first-order valence-corrected chi connectivity index (χ1v) is 7.47. The number of nitrogens with zero attached hydrogens (tertiary/aromatic N) is 4. The van der Waals surface area contributed by atoms with E-state index in [9.17, 15) is 0 Å². The number of hydrogen-bond donors (Lipinski definition) is 0. The highest BCUT2D eigenvalue weighted by Crippen LogP contribution is 2.28. The van der Waals surface area contributed by atoms with Gasteiger partial charge in [0, 0.05) is 18.5 Å². The van der Waals surface area contributed by atoms with Crippen molar-refractivity contribution in [3.05, 3.63) is 21.5 Å². The molecule has 0 radical (unpaired) electrons. The molecule has 0 unspecified atom stereocenters. The normalized spacial score (nSPS) is 16.2. The zero-order valence-electron chi connectivity index (χ0n) is 9.34. The number of hydrogen-bond acceptors (Lipinski definition) is 5. The molecule has 0 spiro atoms. The topological polar surface area (TPSA) is 43.2 Å². The fourth-order valence-electron chi connectivity index (χ4n) is 1.74. The number of anilines is 1. The van der Waals surface area contributed by atoms with E-state index in [0.717, 1.165) is 41.9 Å². The number of morpholine rings is 1. The van der Waals surface area contributed by atoms with E-state index >= 15 is 0 Å². The minimum absolute atomic E-state index is 0.441. The van der Waals surface area contributed by atoms with Crippen LogP contribution in [0, 0.1) is 0 Å². The van der Waals surface area contributed by atoms with Crippen LogP contribution in [-0.2, 0) is 4.74 Å². The minimum Gasteiger partial charge on any atom is -0.378 e. The van der Waals surface area contributed by atoms with Crippen molar-refractivity contribution in [2.75, 3.05) is 31.2 Å². The lowest BCUT2D eigenvalue weighted by atomic mass is 10.5. The maximum absolute atomic E-state index is 5.90. The molecule has 0 atom stereocenters. The summed E-state index contributed by atoms with van der Waals surface area (Å²) in [5.41, 5.74) is 0.